The van der Waals surface area contributed by atoms with Gasteiger partial charge in [0.1, 0.15) is 0 Å². The summed E-state index contributed by atoms with van der Waals surface area (Å²) in [4.78, 5) is 15.1. The number of ether oxygens (including phenoxy) is 1. The van der Waals surface area contributed by atoms with E-state index in [2.05, 4.69) is 4.99 Å². The van der Waals surface area contributed by atoms with Crippen molar-refractivity contribution >= 4 is 11.9 Å². The first-order chi connectivity index (χ1) is 8.73. The van der Waals surface area contributed by atoms with Gasteiger partial charge in [-0.2, -0.15) is 4.99 Å². The van der Waals surface area contributed by atoms with Crippen LogP contribution in [0.25, 0.3) is 0 Å². The van der Waals surface area contributed by atoms with E-state index < -0.39 is 11.7 Å². The average Bonchev–Trinajstić information content (AvgIpc) is 2.59. The van der Waals surface area contributed by atoms with E-state index >= 15 is 0 Å². The van der Waals surface area contributed by atoms with Crippen LogP contribution in [0.4, 0.5) is 4.79 Å². The number of hydrogen-bond acceptors (Lipinski definition) is 3. The highest BCUT2D eigenvalue weighted by atomic mass is 16.6. The number of nitrogens with two attached hydrogens (primary N) is 1. The number of hydrogen-bond donors (Lipinski definition) is 1. The van der Waals surface area contributed by atoms with Gasteiger partial charge in [0.05, 0.1) is 0 Å². The lowest BCUT2D eigenvalue weighted by Gasteiger charge is -2.28. The van der Waals surface area contributed by atoms with Gasteiger partial charge in [0.15, 0.2) is 11.4 Å². The molecular weight excluding hydrogens is 228 g/mol. The van der Waals surface area contributed by atoms with Crippen LogP contribution in [0.5, 0.6) is 0 Å². The van der Waals surface area contributed by atoms with E-state index in [-0.39, 0.29) is 0 Å². The molecule has 0 saturated heterocycles. The van der Waals surface area contributed by atoms with Gasteiger partial charge in [-0.1, -0.05) is 44.9 Å². The predicted molar refractivity (Wildman–Crippen MR) is 71.6 cm³/mol. The van der Waals surface area contributed by atoms with Gasteiger partial charge < -0.3 is 10.5 Å². The van der Waals surface area contributed by atoms with E-state index in [0.29, 0.717) is 5.84 Å². The Labute approximate surface area is 109 Å². The Bertz CT molecular complexity index is 314. The second-order valence-corrected chi connectivity index (χ2v) is 5.54. The minimum absolute atomic E-state index is 0.407. The summed E-state index contributed by atoms with van der Waals surface area (Å²) in [6.45, 7) is 0. The maximum atomic E-state index is 11.3. The van der Waals surface area contributed by atoms with Crippen molar-refractivity contribution < 1.29 is 9.53 Å². The molecule has 0 bridgehead atoms. The van der Waals surface area contributed by atoms with Crippen LogP contribution in [0.2, 0.25) is 0 Å². The molecule has 2 rings (SSSR count). The van der Waals surface area contributed by atoms with E-state index in [9.17, 15) is 4.79 Å². The fourth-order valence-electron chi connectivity index (χ4n) is 2.98. The van der Waals surface area contributed by atoms with E-state index in [1.807, 2.05) is 0 Å². The molecule has 0 aromatic rings. The van der Waals surface area contributed by atoms with Crippen molar-refractivity contribution in [3.63, 3.8) is 0 Å². The molecule has 1 aliphatic heterocycles. The fourth-order valence-corrected chi connectivity index (χ4v) is 2.98. The summed E-state index contributed by atoms with van der Waals surface area (Å²) < 4.78 is 5.44. The van der Waals surface area contributed by atoms with Crippen molar-refractivity contribution in [1.29, 1.82) is 0 Å². The van der Waals surface area contributed by atoms with Crippen molar-refractivity contribution in [3.05, 3.63) is 0 Å². The second-order valence-electron chi connectivity index (χ2n) is 5.54. The molecule has 0 radical (unpaired) electrons. The maximum absolute atomic E-state index is 11.3. The van der Waals surface area contributed by atoms with E-state index in [0.717, 1.165) is 25.7 Å². The molecule has 1 heterocycles. The number of nitrogens with zero attached hydrogens (tertiary/aromatic N) is 1. The maximum Gasteiger partial charge on any atom is 0.436 e. The molecule has 102 valence electrons. The quantitative estimate of drug-likeness (QED) is 0.717. The summed E-state index contributed by atoms with van der Waals surface area (Å²) in [5.74, 6) is 0.407. The van der Waals surface area contributed by atoms with Gasteiger partial charge >= 0.3 is 6.09 Å². The van der Waals surface area contributed by atoms with Gasteiger partial charge in [0, 0.05) is 0 Å². The van der Waals surface area contributed by atoms with Crippen molar-refractivity contribution in [2.24, 2.45) is 10.7 Å². The molecular formula is C14H24N2O2. The number of carbonyl (C=O) groups excluding carboxylic acids is 1. The Morgan fingerprint density at radius 3 is 1.72 bits per heavy atom. The van der Waals surface area contributed by atoms with E-state index in [1.165, 1.54) is 44.9 Å². The van der Waals surface area contributed by atoms with Crippen molar-refractivity contribution in [2.45, 2.75) is 76.2 Å². The number of amidine groups is 1. The smallest absolute Gasteiger partial charge is 0.433 e. The first kappa shape index (κ1) is 13.4. The van der Waals surface area contributed by atoms with Gasteiger partial charge in [0.2, 0.25) is 0 Å². The van der Waals surface area contributed by atoms with Crippen LogP contribution in [0, 0.1) is 0 Å². The summed E-state index contributed by atoms with van der Waals surface area (Å²) in [6.07, 6.45) is 12.3. The van der Waals surface area contributed by atoms with Crippen molar-refractivity contribution in [2.75, 3.05) is 0 Å². The van der Waals surface area contributed by atoms with Gasteiger partial charge in [-0.15, -0.1) is 0 Å². The highest BCUT2D eigenvalue weighted by molar-refractivity contribution is 6.01. The Balaban J connectivity index is 1.97. The van der Waals surface area contributed by atoms with E-state index in [4.69, 9.17) is 10.5 Å². The lowest BCUT2D eigenvalue weighted by atomic mass is 9.88. The standard InChI is InChI=1S/C14H24N2O2/c15-12-14(18-13(17)16-12)10-8-6-4-2-1-3-5-7-9-11-14/h1-11H2,(H2,15,16,17). The average molecular weight is 252 g/mol. The van der Waals surface area contributed by atoms with Crippen LogP contribution in [-0.2, 0) is 4.74 Å². The number of amides is 1. The predicted octanol–water partition coefficient (Wildman–Crippen LogP) is 3.54. The van der Waals surface area contributed by atoms with Crippen LogP contribution >= 0.6 is 0 Å². The molecule has 4 nitrogen and oxygen atoms in total. The van der Waals surface area contributed by atoms with Crippen molar-refractivity contribution in [3.8, 4) is 0 Å². The molecule has 1 fully saturated rings. The van der Waals surface area contributed by atoms with Crippen LogP contribution in [0.3, 0.4) is 0 Å². The number of aliphatic imine (C=N–C) groups is 1. The van der Waals surface area contributed by atoms with Crippen LogP contribution < -0.4 is 5.73 Å². The largest absolute Gasteiger partial charge is 0.436 e. The molecule has 18 heavy (non-hydrogen) atoms. The van der Waals surface area contributed by atoms with E-state index in [1.54, 1.807) is 0 Å². The minimum Gasteiger partial charge on any atom is -0.433 e. The molecule has 1 amide bonds. The molecule has 0 aromatic carbocycles. The van der Waals surface area contributed by atoms with Gasteiger partial charge in [-0.05, 0) is 25.7 Å². The zero-order valence-electron chi connectivity index (χ0n) is 11.1. The number of carbonyl (C=O) groups is 1. The summed E-state index contributed by atoms with van der Waals surface area (Å²) in [5, 5.41) is 0. The number of rotatable bonds is 0. The normalized spacial score (nSPS) is 26.0. The molecule has 2 aliphatic rings. The molecule has 1 aliphatic carbocycles. The molecule has 4 heteroatoms. The molecule has 0 aromatic heterocycles. The summed E-state index contributed by atoms with van der Waals surface area (Å²) in [6, 6.07) is 0. The molecule has 1 saturated carbocycles. The first-order valence-corrected chi connectivity index (χ1v) is 7.31. The third kappa shape index (κ3) is 3.24. The summed E-state index contributed by atoms with van der Waals surface area (Å²) in [5.41, 5.74) is 5.35. The Morgan fingerprint density at radius 1 is 0.889 bits per heavy atom. The SMILES string of the molecule is NC1=NC(=O)OC12CCCCCCCCCCC2. The molecule has 0 atom stereocenters. The van der Waals surface area contributed by atoms with Gasteiger partial charge in [-0.3, -0.25) is 0 Å². The second kappa shape index (κ2) is 6.21. The van der Waals surface area contributed by atoms with Crippen LogP contribution in [0.15, 0.2) is 4.99 Å². The van der Waals surface area contributed by atoms with Gasteiger partial charge in [0.25, 0.3) is 0 Å². The van der Waals surface area contributed by atoms with Gasteiger partial charge in [-0.25, -0.2) is 4.79 Å². The molecule has 0 unspecified atom stereocenters. The van der Waals surface area contributed by atoms with Crippen LogP contribution in [0.1, 0.15) is 70.6 Å². The lowest BCUT2D eigenvalue weighted by Crippen LogP contribution is -2.43. The zero-order valence-corrected chi connectivity index (χ0v) is 11.1. The Hall–Kier alpha value is -1.06. The molecule has 1 spiro atoms. The third-order valence-corrected chi connectivity index (χ3v) is 4.12. The third-order valence-electron chi connectivity index (χ3n) is 4.12. The Morgan fingerprint density at radius 2 is 1.33 bits per heavy atom. The van der Waals surface area contributed by atoms with Crippen LogP contribution in [-0.4, -0.2) is 17.5 Å². The Kier molecular flexibility index (Phi) is 4.61. The lowest BCUT2D eigenvalue weighted by molar-refractivity contribution is 0.0638. The minimum atomic E-state index is -0.573. The highest BCUT2D eigenvalue weighted by Crippen LogP contribution is 2.32. The highest BCUT2D eigenvalue weighted by Gasteiger charge is 2.42. The topological polar surface area (TPSA) is 64.7 Å². The first-order valence-electron chi connectivity index (χ1n) is 7.31. The summed E-state index contributed by atoms with van der Waals surface area (Å²) in [7, 11) is 0. The molecule has 2 N–H and O–H groups in total. The summed E-state index contributed by atoms with van der Waals surface area (Å²) >= 11 is 0. The monoisotopic (exact) mass is 252 g/mol. The fraction of sp³-hybridized carbons (Fsp3) is 0.857. The zero-order chi connectivity index (χ0) is 12.8. The van der Waals surface area contributed by atoms with Crippen molar-refractivity contribution in [1.82, 2.24) is 0 Å².